The molecule has 0 saturated carbocycles. The molecule has 4 heteroatoms. The molecule has 1 fully saturated rings. The van der Waals surface area contributed by atoms with Gasteiger partial charge in [-0.2, -0.15) is 0 Å². The van der Waals surface area contributed by atoms with E-state index in [4.69, 9.17) is 10.5 Å². The summed E-state index contributed by atoms with van der Waals surface area (Å²) in [4.78, 5) is 14.1. The molecule has 1 aromatic carbocycles. The fourth-order valence-electron chi connectivity index (χ4n) is 2.63. The first-order valence-corrected chi connectivity index (χ1v) is 7.27. The van der Waals surface area contributed by atoms with Crippen molar-refractivity contribution in [1.82, 2.24) is 4.90 Å². The number of carbonyl (C=O) groups excluding carboxylic acids is 1. The Labute approximate surface area is 120 Å². The van der Waals surface area contributed by atoms with Gasteiger partial charge in [0.05, 0.1) is 7.11 Å². The fraction of sp³-hybridized carbons (Fsp3) is 0.562. The Hall–Kier alpha value is -1.55. The molecule has 110 valence electrons. The number of amides is 1. The first kappa shape index (κ1) is 14.9. The number of nitrogens with two attached hydrogens (primary N) is 1. The maximum Gasteiger partial charge on any atom is 0.222 e. The number of rotatable bonds is 4. The van der Waals surface area contributed by atoms with E-state index in [9.17, 15) is 4.79 Å². The van der Waals surface area contributed by atoms with Crippen LogP contribution in [0.5, 0.6) is 5.75 Å². The van der Waals surface area contributed by atoms with Crippen LogP contribution in [0.2, 0.25) is 0 Å². The monoisotopic (exact) mass is 276 g/mol. The smallest absolute Gasteiger partial charge is 0.222 e. The van der Waals surface area contributed by atoms with Crippen LogP contribution < -0.4 is 10.5 Å². The SMILES string of the molecule is COc1ccc(CN)cc1CN1CCC(C)CCC1=O. The minimum absolute atomic E-state index is 0.245. The Morgan fingerprint density at radius 3 is 2.90 bits per heavy atom. The van der Waals surface area contributed by atoms with Gasteiger partial charge in [0.15, 0.2) is 0 Å². The van der Waals surface area contributed by atoms with Crippen LogP contribution in [0, 0.1) is 5.92 Å². The molecule has 0 aliphatic carbocycles. The van der Waals surface area contributed by atoms with E-state index >= 15 is 0 Å². The highest BCUT2D eigenvalue weighted by atomic mass is 16.5. The first-order valence-electron chi connectivity index (χ1n) is 7.27. The summed E-state index contributed by atoms with van der Waals surface area (Å²) in [5.41, 5.74) is 7.80. The third-order valence-electron chi connectivity index (χ3n) is 4.04. The second-order valence-corrected chi connectivity index (χ2v) is 5.60. The highest BCUT2D eigenvalue weighted by Gasteiger charge is 2.21. The molecule has 1 aliphatic heterocycles. The lowest BCUT2D eigenvalue weighted by Gasteiger charge is -2.22. The van der Waals surface area contributed by atoms with Crippen molar-refractivity contribution in [1.29, 1.82) is 0 Å². The number of nitrogens with zero attached hydrogens (tertiary/aromatic N) is 1. The second-order valence-electron chi connectivity index (χ2n) is 5.60. The molecule has 0 bridgehead atoms. The molecule has 1 saturated heterocycles. The lowest BCUT2D eigenvalue weighted by atomic mass is 10.0. The van der Waals surface area contributed by atoms with E-state index in [1.165, 1.54) is 0 Å². The van der Waals surface area contributed by atoms with Gasteiger partial charge in [0.25, 0.3) is 0 Å². The van der Waals surface area contributed by atoms with E-state index in [2.05, 4.69) is 6.92 Å². The number of likely N-dealkylation sites (tertiary alicyclic amines) is 1. The number of hydrogen-bond acceptors (Lipinski definition) is 3. The van der Waals surface area contributed by atoms with Gasteiger partial charge < -0.3 is 15.4 Å². The van der Waals surface area contributed by atoms with Crippen molar-refractivity contribution in [2.75, 3.05) is 13.7 Å². The summed E-state index contributed by atoms with van der Waals surface area (Å²) >= 11 is 0. The summed E-state index contributed by atoms with van der Waals surface area (Å²) in [5.74, 6) is 1.70. The van der Waals surface area contributed by atoms with Gasteiger partial charge in [0.1, 0.15) is 5.75 Å². The number of methoxy groups -OCH3 is 1. The molecule has 20 heavy (non-hydrogen) atoms. The zero-order chi connectivity index (χ0) is 14.5. The Bertz CT molecular complexity index is 474. The Kier molecular flexibility index (Phi) is 5.01. The van der Waals surface area contributed by atoms with Crippen molar-refractivity contribution in [3.63, 3.8) is 0 Å². The molecule has 2 rings (SSSR count). The maximum absolute atomic E-state index is 12.2. The maximum atomic E-state index is 12.2. The molecule has 4 nitrogen and oxygen atoms in total. The minimum Gasteiger partial charge on any atom is -0.496 e. The van der Waals surface area contributed by atoms with Crippen LogP contribution >= 0.6 is 0 Å². The number of ether oxygens (including phenoxy) is 1. The lowest BCUT2D eigenvalue weighted by Crippen LogP contribution is -2.30. The molecule has 0 spiro atoms. The van der Waals surface area contributed by atoms with Crippen LogP contribution in [-0.2, 0) is 17.9 Å². The van der Waals surface area contributed by atoms with Crippen molar-refractivity contribution < 1.29 is 9.53 Å². The zero-order valence-electron chi connectivity index (χ0n) is 12.4. The van der Waals surface area contributed by atoms with Crippen LogP contribution in [0.25, 0.3) is 0 Å². The Balaban J connectivity index is 2.17. The van der Waals surface area contributed by atoms with Crippen LogP contribution in [0.1, 0.15) is 37.3 Å². The van der Waals surface area contributed by atoms with Crippen molar-refractivity contribution >= 4 is 5.91 Å². The summed E-state index contributed by atoms with van der Waals surface area (Å²) < 4.78 is 5.40. The van der Waals surface area contributed by atoms with Crippen molar-refractivity contribution in [3.05, 3.63) is 29.3 Å². The molecule has 2 N–H and O–H groups in total. The predicted octanol–water partition coefficient (Wildman–Crippen LogP) is 2.30. The largest absolute Gasteiger partial charge is 0.496 e. The van der Waals surface area contributed by atoms with E-state index < -0.39 is 0 Å². The van der Waals surface area contributed by atoms with Crippen molar-refractivity contribution in [2.45, 2.75) is 39.3 Å². The zero-order valence-corrected chi connectivity index (χ0v) is 12.4. The molecule has 1 unspecified atom stereocenters. The number of benzene rings is 1. The molecule has 0 aromatic heterocycles. The van der Waals surface area contributed by atoms with E-state index in [0.717, 1.165) is 36.3 Å². The second kappa shape index (κ2) is 6.75. The van der Waals surface area contributed by atoms with Crippen LogP contribution in [0.4, 0.5) is 0 Å². The summed E-state index contributed by atoms with van der Waals surface area (Å²) in [5, 5.41) is 0. The predicted molar refractivity (Wildman–Crippen MR) is 79.3 cm³/mol. The van der Waals surface area contributed by atoms with Gasteiger partial charge >= 0.3 is 0 Å². The summed E-state index contributed by atoms with van der Waals surface area (Å²) in [6.07, 6.45) is 2.72. The van der Waals surface area contributed by atoms with Gasteiger partial charge in [-0.25, -0.2) is 0 Å². The molecule has 1 heterocycles. The average Bonchev–Trinajstić information content (AvgIpc) is 2.62. The molecule has 0 radical (unpaired) electrons. The topological polar surface area (TPSA) is 55.6 Å². The average molecular weight is 276 g/mol. The van der Waals surface area contributed by atoms with Gasteiger partial charge in [-0.3, -0.25) is 4.79 Å². The van der Waals surface area contributed by atoms with Gasteiger partial charge in [0.2, 0.25) is 5.91 Å². The molecule has 1 aliphatic rings. The van der Waals surface area contributed by atoms with E-state index in [-0.39, 0.29) is 5.91 Å². The molecular formula is C16H24N2O2. The van der Waals surface area contributed by atoms with Crippen LogP contribution in [-0.4, -0.2) is 24.5 Å². The van der Waals surface area contributed by atoms with E-state index in [0.29, 0.717) is 25.4 Å². The highest BCUT2D eigenvalue weighted by Crippen LogP contribution is 2.24. The minimum atomic E-state index is 0.245. The lowest BCUT2D eigenvalue weighted by molar-refractivity contribution is -0.131. The summed E-state index contributed by atoms with van der Waals surface area (Å²) in [7, 11) is 1.66. The fourth-order valence-corrected chi connectivity index (χ4v) is 2.63. The third-order valence-corrected chi connectivity index (χ3v) is 4.04. The van der Waals surface area contributed by atoms with E-state index in [1.807, 2.05) is 23.1 Å². The van der Waals surface area contributed by atoms with Crippen LogP contribution in [0.3, 0.4) is 0 Å². The number of hydrogen-bond donors (Lipinski definition) is 1. The van der Waals surface area contributed by atoms with Gasteiger partial charge in [-0.05, 0) is 36.5 Å². The van der Waals surface area contributed by atoms with Gasteiger partial charge in [-0.1, -0.05) is 13.0 Å². The van der Waals surface area contributed by atoms with E-state index in [1.54, 1.807) is 7.11 Å². The number of carbonyl (C=O) groups is 1. The Morgan fingerprint density at radius 1 is 1.40 bits per heavy atom. The van der Waals surface area contributed by atoms with Gasteiger partial charge in [-0.15, -0.1) is 0 Å². The molecule has 1 aromatic rings. The molecule has 1 amide bonds. The van der Waals surface area contributed by atoms with Gasteiger partial charge in [0, 0.05) is 31.6 Å². The molecule has 1 atom stereocenters. The highest BCUT2D eigenvalue weighted by molar-refractivity contribution is 5.76. The summed E-state index contributed by atoms with van der Waals surface area (Å²) in [6.45, 7) is 4.16. The Morgan fingerprint density at radius 2 is 2.20 bits per heavy atom. The standard InChI is InChI=1S/C16H24N2O2/c1-12-3-6-16(19)18(8-7-12)11-14-9-13(10-17)4-5-15(14)20-2/h4-5,9,12H,3,6-8,10-11,17H2,1-2H3. The molecular weight excluding hydrogens is 252 g/mol. The van der Waals surface area contributed by atoms with Crippen molar-refractivity contribution in [3.8, 4) is 5.75 Å². The third kappa shape index (κ3) is 3.51. The first-order chi connectivity index (χ1) is 9.63. The normalized spacial score (nSPS) is 19.9. The quantitative estimate of drug-likeness (QED) is 0.918. The van der Waals surface area contributed by atoms with Crippen molar-refractivity contribution in [2.24, 2.45) is 11.7 Å². The van der Waals surface area contributed by atoms with Crippen LogP contribution in [0.15, 0.2) is 18.2 Å². The summed E-state index contributed by atoms with van der Waals surface area (Å²) in [6, 6.07) is 5.94.